The van der Waals surface area contributed by atoms with Crippen molar-refractivity contribution in [3.63, 3.8) is 0 Å². The fourth-order valence-electron chi connectivity index (χ4n) is 4.77. The molecule has 0 saturated heterocycles. The van der Waals surface area contributed by atoms with Gasteiger partial charge in [0, 0.05) is 17.1 Å². The van der Waals surface area contributed by atoms with Crippen LogP contribution in [-0.2, 0) is 23.5 Å². The molecule has 0 fully saturated rings. The summed E-state index contributed by atoms with van der Waals surface area (Å²) >= 11 is 3.21. The lowest BCUT2D eigenvalue weighted by Crippen LogP contribution is -2.32. The summed E-state index contributed by atoms with van der Waals surface area (Å²) in [6.07, 6.45) is 0.719. The Morgan fingerprint density at radius 1 is 1.06 bits per heavy atom. The van der Waals surface area contributed by atoms with Crippen LogP contribution in [0.25, 0.3) is 26.7 Å². The Morgan fingerprint density at radius 3 is 2.66 bits per heavy atom. The van der Waals surface area contributed by atoms with Gasteiger partial charge in [0.1, 0.15) is 4.83 Å². The maximum Gasteiger partial charge on any atom is 0.267 e. The van der Waals surface area contributed by atoms with Crippen LogP contribution in [0.3, 0.4) is 0 Å². The minimum absolute atomic E-state index is 0.0144. The van der Waals surface area contributed by atoms with Crippen LogP contribution in [0.4, 0.5) is 0 Å². The molecule has 6 rings (SSSR count). The van der Waals surface area contributed by atoms with Gasteiger partial charge in [-0.05, 0) is 54.3 Å². The van der Waals surface area contributed by atoms with Crippen molar-refractivity contribution >= 4 is 44.1 Å². The van der Waals surface area contributed by atoms with E-state index < -0.39 is 0 Å². The highest BCUT2D eigenvalue weighted by molar-refractivity contribution is 7.98. The zero-order chi connectivity index (χ0) is 24.2. The van der Waals surface area contributed by atoms with E-state index in [1.54, 1.807) is 23.1 Å². The topological polar surface area (TPSA) is 44.1 Å². The minimum atomic E-state index is -0.287. The van der Waals surface area contributed by atoms with Gasteiger partial charge >= 0.3 is 0 Å². The largest absolute Gasteiger partial charge is 0.370 e. The van der Waals surface area contributed by atoms with Gasteiger partial charge in [-0.15, -0.1) is 11.3 Å². The molecule has 0 amide bonds. The lowest BCUT2D eigenvalue weighted by atomic mass is 9.94. The third-order valence-electron chi connectivity index (χ3n) is 6.61. The van der Waals surface area contributed by atoms with Crippen molar-refractivity contribution in [1.29, 1.82) is 0 Å². The predicted molar refractivity (Wildman–Crippen MR) is 146 cm³/mol. The average Bonchev–Trinajstić information content (AvgIpc) is 3.20. The third-order valence-corrected chi connectivity index (χ3v) is 8.72. The number of hydrogen-bond acceptors (Lipinski definition) is 5. The molecular formula is C29H26N2O2S2. The second-order valence-corrected chi connectivity index (χ2v) is 11.7. The van der Waals surface area contributed by atoms with Gasteiger partial charge in [-0.25, -0.2) is 4.98 Å². The van der Waals surface area contributed by atoms with E-state index in [4.69, 9.17) is 9.72 Å². The van der Waals surface area contributed by atoms with E-state index >= 15 is 0 Å². The summed E-state index contributed by atoms with van der Waals surface area (Å²) in [5.74, 6) is 0.732. The van der Waals surface area contributed by atoms with Crippen molar-refractivity contribution in [2.75, 3.05) is 0 Å². The quantitative estimate of drug-likeness (QED) is 0.197. The van der Waals surface area contributed by atoms with Crippen LogP contribution >= 0.6 is 23.1 Å². The maximum absolute atomic E-state index is 14.1. The summed E-state index contributed by atoms with van der Waals surface area (Å²) in [5.41, 5.74) is 3.98. The first-order valence-electron chi connectivity index (χ1n) is 11.8. The van der Waals surface area contributed by atoms with Crippen molar-refractivity contribution in [3.05, 3.63) is 98.7 Å². The number of thioether (sulfide) groups is 1. The molecule has 0 aliphatic carbocycles. The first kappa shape index (κ1) is 22.5. The van der Waals surface area contributed by atoms with Crippen LogP contribution in [0.1, 0.15) is 35.4 Å². The molecule has 0 radical (unpaired) electrons. The molecular weight excluding hydrogens is 472 g/mol. The molecule has 0 spiro atoms. The Balaban J connectivity index is 1.49. The number of fused-ring (bicyclic) bond motifs is 4. The zero-order valence-electron chi connectivity index (χ0n) is 20.0. The molecule has 0 bridgehead atoms. The zero-order valence-corrected chi connectivity index (χ0v) is 21.6. The summed E-state index contributed by atoms with van der Waals surface area (Å²) in [6.45, 7) is 6.75. The fourth-order valence-corrected chi connectivity index (χ4v) is 6.87. The first-order chi connectivity index (χ1) is 16.9. The van der Waals surface area contributed by atoms with Crippen LogP contribution in [0, 0.1) is 6.92 Å². The highest BCUT2D eigenvalue weighted by atomic mass is 32.2. The molecule has 3 heterocycles. The minimum Gasteiger partial charge on any atom is -0.370 e. The Labute approximate surface area is 212 Å². The third kappa shape index (κ3) is 4.10. The van der Waals surface area contributed by atoms with Gasteiger partial charge in [0.2, 0.25) is 0 Å². The number of aryl methyl sites for hydroxylation is 1. The molecule has 0 atom stereocenters. The van der Waals surface area contributed by atoms with Gasteiger partial charge in [0.15, 0.2) is 5.16 Å². The van der Waals surface area contributed by atoms with Crippen LogP contribution < -0.4 is 5.56 Å². The van der Waals surface area contributed by atoms with Crippen LogP contribution in [0.5, 0.6) is 0 Å². The van der Waals surface area contributed by atoms with Gasteiger partial charge in [-0.2, -0.15) is 0 Å². The molecule has 1 aliphatic rings. The van der Waals surface area contributed by atoms with E-state index in [0.717, 1.165) is 49.2 Å². The van der Waals surface area contributed by atoms with Gasteiger partial charge in [-0.3, -0.25) is 9.36 Å². The standard InChI is InChI=1S/C29H26N2O2S2/c1-18-8-4-7-11-23(18)31-27(32)25-22-15-29(2,3)33-16-24(22)35-26(25)30-28(31)34-17-19-12-13-20-9-5-6-10-21(20)14-19/h4-14H,15-17H2,1-3H3. The van der Waals surface area contributed by atoms with E-state index in [1.807, 2.05) is 35.8 Å². The number of benzene rings is 3. The molecule has 35 heavy (non-hydrogen) atoms. The number of hydrogen-bond donors (Lipinski definition) is 0. The molecule has 4 nitrogen and oxygen atoms in total. The van der Waals surface area contributed by atoms with E-state index in [1.165, 1.54) is 16.3 Å². The van der Waals surface area contributed by atoms with E-state index in [9.17, 15) is 4.79 Å². The lowest BCUT2D eigenvalue weighted by molar-refractivity contribution is -0.0379. The average molecular weight is 499 g/mol. The SMILES string of the molecule is Cc1ccccc1-n1c(SCc2ccc3ccccc3c2)nc2sc3c(c2c1=O)CC(C)(C)OC3. The number of para-hydroxylation sites is 1. The van der Waals surface area contributed by atoms with Gasteiger partial charge in [0.25, 0.3) is 5.56 Å². The number of thiophene rings is 1. The number of aromatic nitrogens is 2. The van der Waals surface area contributed by atoms with Gasteiger partial charge in [0.05, 0.1) is 23.3 Å². The second kappa shape index (κ2) is 8.63. The summed E-state index contributed by atoms with van der Waals surface area (Å²) in [5, 5.41) is 3.93. The van der Waals surface area contributed by atoms with Crippen LogP contribution in [-0.4, -0.2) is 15.2 Å². The van der Waals surface area contributed by atoms with Crippen molar-refractivity contribution in [2.24, 2.45) is 0 Å². The fraction of sp³-hybridized carbons (Fsp3) is 0.241. The van der Waals surface area contributed by atoms with Gasteiger partial charge in [-0.1, -0.05) is 72.4 Å². The normalized spacial score (nSPS) is 14.9. The van der Waals surface area contributed by atoms with Crippen molar-refractivity contribution < 1.29 is 4.74 Å². The highest BCUT2D eigenvalue weighted by Gasteiger charge is 2.31. The Hall–Kier alpha value is -2.93. The molecule has 3 aromatic carbocycles. The van der Waals surface area contributed by atoms with E-state index in [0.29, 0.717) is 6.61 Å². The second-order valence-electron chi connectivity index (χ2n) is 9.70. The summed E-state index contributed by atoms with van der Waals surface area (Å²) in [4.78, 5) is 21.1. The van der Waals surface area contributed by atoms with Crippen molar-refractivity contribution in [1.82, 2.24) is 9.55 Å². The molecule has 6 heteroatoms. The molecule has 2 aromatic heterocycles. The molecule has 0 unspecified atom stereocenters. The van der Waals surface area contributed by atoms with Crippen LogP contribution in [0.15, 0.2) is 76.7 Å². The molecule has 0 saturated carbocycles. The Bertz CT molecular complexity index is 1650. The highest BCUT2D eigenvalue weighted by Crippen LogP contribution is 2.38. The predicted octanol–water partition coefficient (Wildman–Crippen LogP) is 7.05. The summed E-state index contributed by atoms with van der Waals surface area (Å²) in [6, 6.07) is 23.0. The maximum atomic E-state index is 14.1. The molecule has 5 aromatic rings. The smallest absolute Gasteiger partial charge is 0.267 e. The monoisotopic (exact) mass is 498 g/mol. The number of ether oxygens (including phenoxy) is 1. The Kier molecular flexibility index (Phi) is 5.55. The van der Waals surface area contributed by atoms with E-state index in [-0.39, 0.29) is 11.2 Å². The van der Waals surface area contributed by atoms with Crippen molar-refractivity contribution in [3.8, 4) is 5.69 Å². The molecule has 176 valence electrons. The Morgan fingerprint density at radius 2 is 1.83 bits per heavy atom. The summed E-state index contributed by atoms with van der Waals surface area (Å²) < 4.78 is 7.85. The molecule has 0 N–H and O–H groups in total. The van der Waals surface area contributed by atoms with Crippen molar-refractivity contribution in [2.45, 2.75) is 50.3 Å². The van der Waals surface area contributed by atoms with Gasteiger partial charge < -0.3 is 4.74 Å². The van der Waals surface area contributed by atoms with E-state index in [2.05, 4.69) is 56.3 Å². The summed E-state index contributed by atoms with van der Waals surface area (Å²) in [7, 11) is 0. The number of nitrogens with zero attached hydrogens (tertiary/aromatic N) is 2. The lowest BCUT2D eigenvalue weighted by Gasteiger charge is -2.30. The van der Waals surface area contributed by atoms with Crippen LogP contribution in [0.2, 0.25) is 0 Å². The first-order valence-corrected chi connectivity index (χ1v) is 13.6. The molecule has 1 aliphatic heterocycles. The number of rotatable bonds is 4.